The first-order valence-corrected chi connectivity index (χ1v) is 15.3. The molecule has 242 valence electrons. The van der Waals surface area contributed by atoms with E-state index in [2.05, 4.69) is 21.3 Å². The number of thioether (sulfide) groups is 1. The molecule has 4 N–H and O–H groups in total. The number of carbonyl (C=O) groups is 4. The van der Waals surface area contributed by atoms with Crippen molar-refractivity contribution in [3.63, 3.8) is 0 Å². The number of anilines is 3. The van der Waals surface area contributed by atoms with E-state index in [1.165, 1.54) is 46.1 Å². The van der Waals surface area contributed by atoms with Crippen LogP contribution in [0.4, 0.5) is 17.1 Å². The molecule has 4 aromatic carbocycles. The van der Waals surface area contributed by atoms with Crippen LogP contribution in [0.15, 0.2) is 102 Å². The second-order valence-corrected chi connectivity index (χ2v) is 11.0. The smallest absolute Gasteiger partial charge is 0.272 e. The summed E-state index contributed by atoms with van der Waals surface area (Å²) in [6.45, 7) is 1.42. The van der Waals surface area contributed by atoms with Crippen molar-refractivity contribution in [2.24, 2.45) is 0 Å². The zero-order chi connectivity index (χ0) is 33.8. The molecule has 47 heavy (non-hydrogen) atoms. The lowest BCUT2D eigenvalue weighted by Crippen LogP contribution is -2.30. The maximum atomic E-state index is 13.6. The lowest BCUT2D eigenvalue weighted by molar-refractivity contribution is -0.114. The molecule has 0 radical (unpaired) electrons. The van der Waals surface area contributed by atoms with E-state index in [0.717, 1.165) is 4.90 Å². The Balaban J connectivity index is 1.49. The summed E-state index contributed by atoms with van der Waals surface area (Å²) in [5, 5.41) is 11.0. The van der Waals surface area contributed by atoms with Crippen molar-refractivity contribution >= 4 is 58.5 Å². The van der Waals surface area contributed by atoms with Gasteiger partial charge in [0.05, 0.1) is 27.1 Å². The third-order valence-electron chi connectivity index (χ3n) is 6.48. The Kier molecular flexibility index (Phi) is 12.0. The summed E-state index contributed by atoms with van der Waals surface area (Å²) in [6, 6.07) is 25.6. The van der Waals surface area contributed by atoms with E-state index in [-0.39, 0.29) is 23.3 Å². The van der Waals surface area contributed by atoms with E-state index in [9.17, 15) is 19.2 Å². The van der Waals surface area contributed by atoms with Crippen LogP contribution in [0, 0.1) is 0 Å². The molecule has 0 aliphatic rings. The highest BCUT2D eigenvalue weighted by atomic mass is 32.2. The lowest BCUT2D eigenvalue weighted by atomic mass is 10.1. The molecule has 0 aliphatic carbocycles. The van der Waals surface area contributed by atoms with Crippen LogP contribution in [0.25, 0.3) is 6.08 Å². The average molecular weight is 655 g/mol. The summed E-state index contributed by atoms with van der Waals surface area (Å²) in [5.74, 6) is -0.203. The predicted octanol–water partition coefficient (Wildman–Crippen LogP) is 5.81. The van der Waals surface area contributed by atoms with E-state index in [0.29, 0.717) is 45.4 Å². The van der Waals surface area contributed by atoms with Crippen LogP contribution >= 0.6 is 11.8 Å². The number of methoxy groups -OCH3 is 3. The molecule has 4 amide bonds. The molecule has 0 aromatic heterocycles. The molecule has 0 fully saturated rings. The third-order valence-corrected chi connectivity index (χ3v) is 7.47. The number of carbonyl (C=O) groups excluding carboxylic acids is 4. The Morgan fingerprint density at radius 3 is 1.94 bits per heavy atom. The molecule has 4 aromatic rings. The highest BCUT2D eigenvalue weighted by molar-refractivity contribution is 8.00. The number of hydrogen-bond donors (Lipinski definition) is 4. The van der Waals surface area contributed by atoms with Gasteiger partial charge in [-0.05, 0) is 78.4 Å². The quantitative estimate of drug-likeness (QED) is 0.104. The topological polar surface area (TPSA) is 144 Å². The van der Waals surface area contributed by atoms with Crippen molar-refractivity contribution in [2.45, 2.75) is 11.8 Å². The van der Waals surface area contributed by atoms with Gasteiger partial charge in [-0.25, -0.2) is 0 Å². The summed E-state index contributed by atoms with van der Waals surface area (Å²) in [5.41, 5.74) is 2.53. The molecule has 0 spiro atoms. The molecule has 11 nitrogen and oxygen atoms in total. The summed E-state index contributed by atoms with van der Waals surface area (Å²) in [4.78, 5) is 51.2. The molecule has 0 bridgehead atoms. The van der Waals surface area contributed by atoms with Gasteiger partial charge in [-0.2, -0.15) is 0 Å². The maximum absolute atomic E-state index is 13.6. The first kappa shape index (κ1) is 34.1. The number of nitrogens with one attached hydrogen (secondary N) is 4. The van der Waals surface area contributed by atoms with Gasteiger partial charge in [0, 0.05) is 34.4 Å². The Labute approximate surface area is 276 Å². The Hall–Kier alpha value is -5.75. The summed E-state index contributed by atoms with van der Waals surface area (Å²) in [7, 11) is 4.45. The van der Waals surface area contributed by atoms with E-state index in [1.54, 1.807) is 84.9 Å². The van der Waals surface area contributed by atoms with Crippen LogP contribution in [-0.2, 0) is 14.4 Å². The minimum atomic E-state index is -0.578. The molecule has 0 atom stereocenters. The predicted molar refractivity (Wildman–Crippen MR) is 183 cm³/mol. The molecule has 4 rings (SSSR count). The molecule has 0 heterocycles. The molecule has 0 saturated carbocycles. The second kappa shape index (κ2) is 16.5. The van der Waals surface area contributed by atoms with Crippen molar-refractivity contribution < 1.29 is 33.4 Å². The fraction of sp³-hybridized carbons (Fsp3) is 0.143. The van der Waals surface area contributed by atoms with Crippen LogP contribution in [0.2, 0.25) is 0 Å². The number of amides is 4. The highest BCUT2D eigenvalue weighted by Crippen LogP contribution is 2.38. The first-order chi connectivity index (χ1) is 22.7. The fourth-order valence-electron chi connectivity index (χ4n) is 4.34. The van der Waals surface area contributed by atoms with Crippen LogP contribution in [0.5, 0.6) is 17.2 Å². The third kappa shape index (κ3) is 9.87. The lowest BCUT2D eigenvalue weighted by Gasteiger charge is -2.15. The number of benzene rings is 4. The molecular formula is C35H34N4O7S. The molecular weight excluding hydrogens is 620 g/mol. The summed E-state index contributed by atoms with van der Waals surface area (Å²) in [6.07, 6.45) is 1.51. The van der Waals surface area contributed by atoms with Gasteiger partial charge in [0.1, 0.15) is 5.70 Å². The fourth-order valence-corrected chi connectivity index (χ4v) is 5.10. The van der Waals surface area contributed by atoms with Gasteiger partial charge in [0.15, 0.2) is 11.5 Å². The van der Waals surface area contributed by atoms with E-state index in [1.807, 2.05) is 6.07 Å². The first-order valence-electron chi connectivity index (χ1n) is 14.3. The zero-order valence-corrected chi connectivity index (χ0v) is 27.0. The molecule has 0 saturated heterocycles. The zero-order valence-electron chi connectivity index (χ0n) is 26.2. The number of ether oxygens (including phenoxy) is 3. The molecule has 0 unspecified atom stereocenters. The van der Waals surface area contributed by atoms with Crippen molar-refractivity contribution in [3.05, 3.63) is 108 Å². The van der Waals surface area contributed by atoms with Gasteiger partial charge in [-0.1, -0.05) is 24.3 Å². The van der Waals surface area contributed by atoms with E-state index >= 15 is 0 Å². The molecule has 0 aliphatic heterocycles. The van der Waals surface area contributed by atoms with Crippen molar-refractivity contribution in [3.8, 4) is 17.2 Å². The average Bonchev–Trinajstić information content (AvgIpc) is 3.07. The van der Waals surface area contributed by atoms with Crippen molar-refractivity contribution in [2.75, 3.05) is 43.0 Å². The summed E-state index contributed by atoms with van der Waals surface area (Å²) >= 11 is 1.29. The van der Waals surface area contributed by atoms with Gasteiger partial charge >= 0.3 is 0 Å². The minimum Gasteiger partial charge on any atom is -0.493 e. The van der Waals surface area contributed by atoms with Crippen LogP contribution < -0.4 is 35.5 Å². The Morgan fingerprint density at radius 2 is 1.34 bits per heavy atom. The SMILES string of the molecule is COc1cc(/C=C(/NC(=O)c2ccccc2)C(=O)Nc2cccc(SCC(=O)Nc3ccc(NC(C)=O)cc3)c2)cc(OC)c1OC. The van der Waals surface area contributed by atoms with Gasteiger partial charge in [-0.15, -0.1) is 11.8 Å². The second-order valence-electron chi connectivity index (χ2n) is 9.91. The maximum Gasteiger partial charge on any atom is 0.272 e. The van der Waals surface area contributed by atoms with Gasteiger partial charge in [0.2, 0.25) is 17.6 Å². The van der Waals surface area contributed by atoms with Crippen LogP contribution in [0.3, 0.4) is 0 Å². The Morgan fingerprint density at radius 1 is 0.702 bits per heavy atom. The molecule has 12 heteroatoms. The summed E-state index contributed by atoms with van der Waals surface area (Å²) < 4.78 is 16.3. The Bertz CT molecular complexity index is 1750. The van der Waals surface area contributed by atoms with E-state index in [4.69, 9.17) is 14.2 Å². The largest absolute Gasteiger partial charge is 0.493 e. The van der Waals surface area contributed by atoms with Gasteiger partial charge in [0.25, 0.3) is 11.8 Å². The van der Waals surface area contributed by atoms with E-state index < -0.39 is 11.8 Å². The highest BCUT2D eigenvalue weighted by Gasteiger charge is 2.18. The number of rotatable bonds is 13. The van der Waals surface area contributed by atoms with Crippen LogP contribution in [0.1, 0.15) is 22.8 Å². The van der Waals surface area contributed by atoms with Crippen molar-refractivity contribution in [1.82, 2.24) is 5.32 Å². The standard InChI is InChI=1S/C35H34N4O7S/c1-22(40)36-25-13-15-26(16-14-25)37-32(41)21-47-28-12-8-11-27(20-28)38-35(43)29(39-34(42)24-9-6-5-7-10-24)17-23-18-30(44-2)33(46-4)31(19-23)45-3/h5-20H,21H2,1-4H3,(H,36,40)(H,37,41)(H,38,43)(H,39,42)/b29-17+. The van der Waals surface area contributed by atoms with Crippen molar-refractivity contribution in [1.29, 1.82) is 0 Å². The monoisotopic (exact) mass is 654 g/mol. The number of hydrogen-bond acceptors (Lipinski definition) is 8. The van der Waals surface area contributed by atoms with Gasteiger partial charge < -0.3 is 35.5 Å². The van der Waals surface area contributed by atoms with Crippen LogP contribution in [-0.4, -0.2) is 50.7 Å². The normalized spacial score (nSPS) is 10.8. The van der Waals surface area contributed by atoms with Gasteiger partial charge in [-0.3, -0.25) is 19.2 Å². The minimum absolute atomic E-state index is 0.0323.